The van der Waals surface area contributed by atoms with Crippen LogP contribution in [0.25, 0.3) is 0 Å². The second-order valence-electron chi connectivity index (χ2n) is 6.43. The van der Waals surface area contributed by atoms with Crippen LogP contribution in [0.5, 0.6) is 0 Å². The first-order valence-electron chi connectivity index (χ1n) is 8.58. The third-order valence-corrected chi connectivity index (χ3v) is 4.77. The van der Waals surface area contributed by atoms with Crippen molar-refractivity contribution in [2.45, 2.75) is 57.7 Å². The molecule has 1 atom stereocenters. The number of likely N-dealkylation sites (tertiary alicyclic amines) is 2. The van der Waals surface area contributed by atoms with Gasteiger partial charge in [-0.1, -0.05) is 11.6 Å². The van der Waals surface area contributed by atoms with E-state index in [1.165, 1.54) is 19.3 Å². The zero-order valence-electron chi connectivity index (χ0n) is 13.9. The quantitative estimate of drug-likeness (QED) is 0.759. The van der Waals surface area contributed by atoms with E-state index in [-0.39, 0.29) is 0 Å². The number of rotatable bonds is 7. The summed E-state index contributed by atoms with van der Waals surface area (Å²) < 4.78 is 10.3. The molecule has 128 valence electrons. The van der Waals surface area contributed by atoms with Crippen LogP contribution < -0.4 is 0 Å². The van der Waals surface area contributed by atoms with Crippen molar-refractivity contribution in [3.8, 4) is 0 Å². The zero-order valence-corrected chi connectivity index (χ0v) is 13.9. The molecule has 0 spiro atoms. The van der Waals surface area contributed by atoms with Crippen molar-refractivity contribution in [2.75, 3.05) is 26.7 Å². The van der Waals surface area contributed by atoms with Crippen LogP contribution in [0, 0.1) is 0 Å². The lowest BCUT2D eigenvalue weighted by Crippen LogP contribution is -2.41. The molecule has 0 aromatic carbocycles. The maximum Gasteiger partial charge on any atom is 0.240 e. The summed E-state index contributed by atoms with van der Waals surface area (Å²) in [5.41, 5.74) is 0. The van der Waals surface area contributed by atoms with Crippen molar-refractivity contribution < 1.29 is 14.1 Å². The Morgan fingerprint density at radius 3 is 3.00 bits per heavy atom. The summed E-state index contributed by atoms with van der Waals surface area (Å²) in [5, 5.41) is 3.92. The molecule has 0 saturated carbocycles. The zero-order chi connectivity index (χ0) is 16.1. The molecule has 1 aromatic rings. The summed E-state index contributed by atoms with van der Waals surface area (Å²) >= 11 is 0. The molecule has 0 radical (unpaired) electrons. The first kappa shape index (κ1) is 16.4. The van der Waals surface area contributed by atoms with E-state index in [4.69, 9.17) is 9.26 Å². The molecule has 2 aliphatic heterocycles. The third kappa shape index (κ3) is 4.29. The van der Waals surface area contributed by atoms with E-state index in [0.29, 0.717) is 36.8 Å². The number of carbonyl (C=O) groups is 1. The Morgan fingerprint density at radius 2 is 2.22 bits per heavy atom. The number of amides is 1. The summed E-state index contributed by atoms with van der Waals surface area (Å²) in [4.78, 5) is 20.6. The van der Waals surface area contributed by atoms with Crippen molar-refractivity contribution in [3.05, 3.63) is 11.7 Å². The third-order valence-electron chi connectivity index (χ3n) is 4.77. The number of nitrogens with zero attached hydrogens (tertiary/aromatic N) is 4. The van der Waals surface area contributed by atoms with E-state index in [0.717, 1.165) is 38.9 Å². The number of hydrogen-bond donors (Lipinski definition) is 0. The van der Waals surface area contributed by atoms with E-state index < -0.39 is 0 Å². The topological polar surface area (TPSA) is 71.7 Å². The van der Waals surface area contributed by atoms with Gasteiger partial charge in [0.2, 0.25) is 11.8 Å². The minimum atomic E-state index is 0.313. The van der Waals surface area contributed by atoms with Crippen LogP contribution in [0.3, 0.4) is 0 Å². The average molecular weight is 322 g/mol. The monoisotopic (exact) mass is 322 g/mol. The average Bonchev–Trinajstić information content (AvgIpc) is 3.16. The Labute approximate surface area is 137 Å². The summed E-state index contributed by atoms with van der Waals surface area (Å²) in [6.45, 7) is 3.92. The van der Waals surface area contributed by atoms with E-state index in [1.54, 1.807) is 7.11 Å². The highest BCUT2D eigenvalue weighted by Gasteiger charge is 2.27. The second-order valence-corrected chi connectivity index (χ2v) is 6.43. The number of methoxy groups -OCH3 is 1. The molecule has 2 fully saturated rings. The van der Waals surface area contributed by atoms with Gasteiger partial charge in [-0.3, -0.25) is 9.69 Å². The summed E-state index contributed by atoms with van der Waals surface area (Å²) in [6.07, 6.45) is 6.41. The highest BCUT2D eigenvalue weighted by Crippen LogP contribution is 2.23. The fraction of sp³-hybridized carbons (Fsp3) is 0.812. The molecular weight excluding hydrogens is 296 g/mol. The number of carbonyl (C=O) groups excluding carboxylic acids is 1. The second kappa shape index (κ2) is 7.88. The van der Waals surface area contributed by atoms with Gasteiger partial charge in [-0.25, -0.2) is 0 Å². The molecule has 23 heavy (non-hydrogen) atoms. The predicted molar refractivity (Wildman–Crippen MR) is 83.5 cm³/mol. The van der Waals surface area contributed by atoms with Crippen LogP contribution in [0.2, 0.25) is 0 Å². The van der Waals surface area contributed by atoms with Gasteiger partial charge in [0.05, 0.1) is 6.54 Å². The first-order valence-corrected chi connectivity index (χ1v) is 8.58. The molecule has 3 heterocycles. The number of hydrogen-bond acceptors (Lipinski definition) is 6. The van der Waals surface area contributed by atoms with Gasteiger partial charge in [0.25, 0.3) is 0 Å². The molecule has 3 rings (SSSR count). The molecule has 1 amide bonds. The van der Waals surface area contributed by atoms with E-state index in [9.17, 15) is 4.79 Å². The smallest absolute Gasteiger partial charge is 0.240 e. The Balaban J connectivity index is 1.53. The SMILES string of the molecule is COCc1noc(CN2CCCC[C@H]2CCN2CCCC2=O)n1. The molecule has 2 saturated heterocycles. The van der Waals surface area contributed by atoms with Gasteiger partial charge < -0.3 is 14.2 Å². The van der Waals surface area contributed by atoms with Crippen molar-refractivity contribution in [3.63, 3.8) is 0 Å². The lowest BCUT2D eigenvalue weighted by atomic mass is 9.99. The molecular formula is C16H26N4O3. The molecule has 0 aliphatic carbocycles. The lowest BCUT2D eigenvalue weighted by Gasteiger charge is -2.35. The maximum atomic E-state index is 11.8. The Hall–Kier alpha value is -1.47. The minimum Gasteiger partial charge on any atom is -0.377 e. The number of aromatic nitrogens is 2. The standard InChI is InChI=1S/C16H26N4O3/c1-22-12-14-17-15(23-18-14)11-20-8-3-2-5-13(20)7-10-19-9-4-6-16(19)21/h13H,2-12H2,1H3/t13-/m0/s1. The Kier molecular flexibility index (Phi) is 5.61. The van der Waals surface area contributed by atoms with Gasteiger partial charge in [0, 0.05) is 32.7 Å². The molecule has 2 aliphatic rings. The van der Waals surface area contributed by atoms with Crippen LogP contribution in [0.4, 0.5) is 0 Å². The fourth-order valence-corrected chi connectivity index (χ4v) is 3.56. The van der Waals surface area contributed by atoms with E-state index >= 15 is 0 Å². The van der Waals surface area contributed by atoms with E-state index in [2.05, 4.69) is 15.0 Å². The molecule has 0 N–H and O–H groups in total. The Morgan fingerprint density at radius 1 is 1.30 bits per heavy atom. The largest absolute Gasteiger partial charge is 0.377 e. The van der Waals surface area contributed by atoms with Gasteiger partial charge in [0.1, 0.15) is 6.61 Å². The summed E-state index contributed by atoms with van der Waals surface area (Å²) in [5.74, 6) is 1.56. The molecule has 1 aromatic heterocycles. The van der Waals surface area contributed by atoms with Crippen LogP contribution in [-0.4, -0.2) is 58.6 Å². The highest BCUT2D eigenvalue weighted by atomic mass is 16.5. The van der Waals surface area contributed by atoms with Crippen LogP contribution in [-0.2, 0) is 22.7 Å². The summed E-state index contributed by atoms with van der Waals surface area (Å²) in [7, 11) is 1.62. The maximum absolute atomic E-state index is 11.8. The molecule has 0 unspecified atom stereocenters. The number of piperidine rings is 1. The Bertz CT molecular complexity index is 519. The molecule has 7 nitrogen and oxygen atoms in total. The van der Waals surface area contributed by atoms with Crippen molar-refractivity contribution >= 4 is 5.91 Å². The van der Waals surface area contributed by atoms with E-state index in [1.807, 2.05) is 4.90 Å². The van der Waals surface area contributed by atoms with Gasteiger partial charge in [0.15, 0.2) is 5.82 Å². The fourth-order valence-electron chi connectivity index (χ4n) is 3.56. The predicted octanol–water partition coefficient (Wildman–Crippen LogP) is 1.58. The number of ether oxygens (including phenoxy) is 1. The van der Waals surface area contributed by atoms with Gasteiger partial charge >= 0.3 is 0 Å². The van der Waals surface area contributed by atoms with Crippen molar-refractivity contribution in [1.82, 2.24) is 19.9 Å². The minimum absolute atomic E-state index is 0.313. The molecule has 0 bridgehead atoms. The first-order chi connectivity index (χ1) is 11.3. The highest BCUT2D eigenvalue weighted by molar-refractivity contribution is 5.77. The van der Waals surface area contributed by atoms with Crippen molar-refractivity contribution in [2.24, 2.45) is 0 Å². The van der Waals surface area contributed by atoms with Gasteiger partial charge in [-0.2, -0.15) is 4.98 Å². The molecule has 7 heteroatoms. The normalized spacial score (nSPS) is 22.9. The van der Waals surface area contributed by atoms with Gasteiger partial charge in [-0.15, -0.1) is 0 Å². The van der Waals surface area contributed by atoms with Crippen LogP contribution in [0.15, 0.2) is 4.52 Å². The van der Waals surface area contributed by atoms with Crippen LogP contribution >= 0.6 is 0 Å². The summed E-state index contributed by atoms with van der Waals surface area (Å²) in [6, 6.07) is 0.495. The van der Waals surface area contributed by atoms with Crippen molar-refractivity contribution in [1.29, 1.82) is 0 Å². The van der Waals surface area contributed by atoms with Gasteiger partial charge in [-0.05, 0) is 32.2 Å². The lowest BCUT2D eigenvalue weighted by molar-refractivity contribution is -0.127. The van der Waals surface area contributed by atoms with Crippen LogP contribution in [0.1, 0.15) is 50.2 Å².